The van der Waals surface area contributed by atoms with Crippen molar-refractivity contribution in [3.63, 3.8) is 0 Å². The Kier molecular flexibility index (Phi) is 3.51. The molecule has 0 aliphatic heterocycles. The van der Waals surface area contributed by atoms with Crippen molar-refractivity contribution in [2.24, 2.45) is 5.92 Å². The molecule has 0 radical (unpaired) electrons. The van der Waals surface area contributed by atoms with Crippen molar-refractivity contribution in [3.05, 3.63) is 12.2 Å². The molecule has 0 saturated heterocycles. The van der Waals surface area contributed by atoms with Gasteiger partial charge in [-0.15, -0.1) is 0 Å². The van der Waals surface area contributed by atoms with E-state index in [-0.39, 0.29) is 5.78 Å². The average molecular weight is 166 g/mol. The number of carbonyl (C=O) groups excluding carboxylic acids is 1. The van der Waals surface area contributed by atoms with E-state index in [9.17, 15) is 4.79 Å². The Bertz CT molecular complexity index is 177. The van der Waals surface area contributed by atoms with Gasteiger partial charge in [-0.2, -0.15) is 0 Å². The van der Waals surface area contributed by atoms with Gasteiger partial charge in [-0.3, -0.25) is 4.79 Å². The summed E-state index contributed by atoms with van der Waals surface area (Å²) in [6.07, 6.45) is 7.60. The molecule has 1 aliphatic carbocycles. The second-order valence-corrected chi connectivity index (χ2v) is 3.85. The molecule has 0 atom stereocenters. The van der Waals surface area contributed by atoms with Crippen LogP contribution < -0.4 is 0 Å². The van der Waals surface area contributed by atoms with Crippen LogP contribution in [0.25, 0.3) is 0 Å². The summed E-state index contributed by atoms with van der Waals surface area (Å²) < 4.78 is 0. The van der Waals surface area contributed by atoms with Crippen LogP contribution in [0.4, 0.5) is 0 Å². The molecule has 1 rings (SSSR count). The van der Waals surface area contributed by atoms with E-state index in [2.05, 4.69) is 6.58 Å². The normalized spacial score (nSPS) is 17.1. The van der Waals surface area contributed by atoms with Crippen LogP contribution in [0.15, 0.2) is 12.2 Å². The van der Waals surface area contributed by atoms with Gasteiger partial charge in [-0.1, -0.05) is 32.3 Å². The van der Waals surface area contributed by atoms with Gasteiger partial charge in [-0.25, -0.2) is 0 Å². The first-order valence-electron chi connectivity index (χ1n) is 4.89. The van der Waals surface area contributed by atoms with Gasteiger partial charge in [0, 0.05) is 0 Å². The number of Topliss-reactive ketones (excluding diaryl/α,β-unsaturated/α-hetero) is 1. The fourth-order valence-corrected chi connectivity index (χ4v) is 1.56. The molecule has 0 spiro atoms. The van der Waals surface area contributed by atoms with E-state index in [1.165, 1.54) is 25.7 Å². The van der Waals surface area contributed by atoms with Crippen LogP contribution in [-0.2, 0) is 4.79 Å². The van der Waals surface area contributed by atoms with E-state index >= 15 is 0 Å². The van der Waals surface area contributed by atoms with Gasteiger partial charge in [0.05, 0.1) is 0 Å². The molecule has 1 nitrogen and oxygen atoms in total. The maximum Gasteiger partial charge on any atom is 0.155 e. The highest BCUT2D eigenvalue weighted by atomic mass is 16.1. The van der Waals surface area contributed by atoms with Crippen LogP contribution >= 0.6 is 0 Å². The molecule has 0 amide bonds. The SMILES string of the molecule is C=C(CCCC1CCC1)C(C)=O. The maximum absolute atomic E-state index is 10.8. The molecular weight excluding hydrogens is 148 g/mol. The molecule has 12 heavy (non-hydrogen) atoms. The first kappa shape index (κ1) is 9.50. The zero-order valence-corrected chi connectivity index (χ0v) is 7.94. The van der Waals surface area contributed by atoms with Gasteiger partial charge in [0.25, 0.3) is 0 Å². The number of carbonyl (C=O) groups is 1. The molecule has 1 heteroatoms. The Morgan fingerprint density at radius 1 is 1.50 bits per heavy atom. The van der Waals surface area contributed by atoms with Crippen LogP contribution in [0.3, 0.4) is 0 Å². The monoisotopic (exact) mass is 166 g/mol. The first-order chi connectivity index (χ1) is 5.70. The minimum atomic E-state index is 0.156. The smallest absolute Gasteiger partial charge is 0.155 e. The van der Waals surface area contributed by atoms with Gasteiger partial charge >= 0.3 is 0 Å². The Hall–Kier alpha value is -0.590. The summed E-state index contributed by atoms with van der Waals surface area (Å²) >= 11 is 0. The second-order valence-electron chi connectivity index (χ2n) is 3.85. The topological polar surface area (TPSA) is 17.1 Å². The molecule has 0 N–H and O–H groups in total. The highest BCUT2D eigenvalue weighted by Crippen LogP contribution is 2.31. The summed E-state index contributed by atoms with van der Waals surface area (Å²) in [6.45, 7) is 5.35. The predicted molar refractivity (Wildman–Crippen MR) is 51.0 cm³/mol. The van der Waals surface area contributed by atoms with Gasteiger partial charge in [-0.05, 0) is 31.3 Å². The van der Waals surface area contributed by atoms with Crippen LogP contribution in [-0.4, -0.2) is 5.78 Å². The Morgan fingerprint density at radius 2 is 2.17 bits per heavy atom. The van der Waals surface area contributed by atoms with Crippen molar-refractivity contribution in [2.45, 2.75) is 45.4 Å². The van der Waals surface area contributed by atoms with Gasteiger partial charge in [0.15, 0.2) is 5.78 Å². The van der Waals surface area contributed by atoms with Crippen molar-refractivity contribution < 1.29 is 4.79 Å². The minimum absolute atomic E-state index is 0.156. The average Bonchev–Trinajstić information content (AvgIpc) is 1.93. The lowest BCUT2D eigenvalue weighted by atomic mass is 9.81. The molecule has 1 fully saturated rings. The molecule has 1 saturated carbocycles. The van der Waals surface area contributed by atoms with Crippen LogP contribution in [0.1, 0.15) is 45.4 Å². The third kappa shape index (κ3) is 2.80. The zero-order chi connectivity index (χ0) is 8.97. The summed E-state index contributed by atoms with van der Waals surface area (Å²) in [5, 5.41) is 0. The van der Waals surface area contributed by atoms with E-state index in [0.717, 1.165) is 24.3 Å². The zero-order valence-electron chi connectivity index (χ0n) is 7.94. The largest absolute Gasteiger partial charge is 0.295 e. The van der Waals surface area contributed by atoms with E-state index in [0.29, 0.717) is 0 Å². The van der Waals surface area contributed by atoms with Crippen LogP contribution in [0.2, 0.25) is 0 Å². The number of hydrogen-bond acceptors (Lipinski definition) is 1. The van der Waals surface area contributed by atoms with Gasteiger partial charge < -0.3 is 0 Å². The quantitative estimate of drug-likeness (QED) is 0.573. The van der Waals surface area contributed by atoms with Crippen molar-refractivity contribution in [1.29, 1.82) is 0 Å². The van der Waals surface area contributed by atoms with Crippen molar-refractivity contribution in [3.8, 4) is 0 Å². The summed E-state index contributed by atoms with van der Waals surface area (Å²) in [4.78, 5) is 10.8. The first-order valence-corrected chi connectivity index (χ1v) is 4.89. The molecule has 0 unspecified atom stereocenters. The Morgan fingerprint density at radius 3 is 2.58 bits per heavy atom. The number of allylic oxidation sites excluding steroid dienone is 1. The third-order valence-electron chi connectivity index (χ3n) is 2.81. The number of hydrogen-bond donors (Lipinski definition) is 0. The van der Waals surface area contributed by atoms with Crippen LogP contribution in [0, 0.1) is 5.92 Å². The number of ketones is 1. The fraction of sp³-hybridized carbons (Fsp3) is 0.727. The third-order valence-corrected chi connectivity index (χ3v) is 2.81. The van der Waals surface area contributed by atoms with Crippen LogP contribution in [0.5, 0.6) is 0 Å². The van der Waals surface area contributed by atoms with Crippen molar-refractivity contribution >= 4 is 5.78 Å². The van der Waals surface area contributed by atoms with E-state index in [1.54, 1.807) is 6.92 Å². The Balaban J connectivity index is 2.01. The molecule has 68 valence electrons. The van der Waals surface area contributed by atoms with E-state index in [1.807, 2.05) is 0 Å². The van der Waals surface area contributed by atoms with E-state index in [4.69, 9.17) is 0 Å². The highest BCUT2D eigenvalue weighted by molar-refractivity contribution is 5.92. The van der Waals surface area contributed by atoms with Crippen molar-refractivity contribution in [1.82, 2.24) is 0 Å². The van der Waals surface area contributed by atoms with Gasteiger partial charge in [0.1, 0.15) is 0 Å². The molecule has 1 aliphatic rings. The second kappa shape index (κ2) is 4.44. The summed E-state index contributed by atoms with van der Waals surface area (Å²) in [6, 6.07) is 0. The lowest BCUT2D eigenvalue weighted by Crippen LogP contribution is -2.10. The standard InChI is InChI=1S/C11H18O/c1-9(10(2)12)5-3-6-11-7-4-8-11/h11H,1,3-8H2,2H3. The van der Waals surface area contributed by atoms with Gasteiger partial charge in [0.2, 0.25) is 0 Å². The minimum Gasteiger partial charge on any atom is -0.295 e. The lowest BCUT2D eigenvalue weighted by Gasteiger charge is -2.24. The van der Waals surface area contributed by atoms with Crippen molar-refractivity contribution in [2.75, 3.05) is 0 Å². The lowest BCUT2D eigenvalue weighted by molar-refractivity contribution is -0.113. The summed E-state index contributed by atoms with van der Waals surface area (Å²) in [5.74, 6) is 1.12. The summed E-state index contributed by atoms with van der Waals surface area (Å²) in [5.41, 5.74) is 0.800. The molecule has 0 heterocycles. The fourth-order valence-electron chi connectivity index (χ4n) is 1.56. The molecule has 0 bridgehead atoms. The highest BCUT2D eigenvalue weighted by Gasteiger charge is 2.16. The molecule has 0 aromatic carbocycles. The maximum atomic E-state index is 10.8. The molecule has 0 aromatic rings. The number of rotatable bonds is 5. The Labute approximate surface area is 74.9 Å². The predicted octanol–water partition coefficient (Wildman–Crippen LogP) is 3.10. The molecular formula is C11H18O. The van der Waals surface area contributed by atoms with E-state index < -0.39 is 0 Å². The summed E-state index contributed by atoms with van der Waals surface area (Å²) in [7, 11) is 0. The molecule has 0 aromatic heterocycles.